The Bertz CT molecular complexity index is 885. The van der Waals surface area contributed by atoms with Crippen LogP contribution in [0.15, 0.2) is 48.5 Å². The number of benzene rings is 2. The zero-order valence-corrected chi connectivity index (χ0v) is 16.1. The van der Waals surface area contributed by atoms with Gasteiger partial charge in [-0.25, -0.2) is 4.98 Å². The summed E-state index contributed by atoms with van der Waals surface area (Å²) in [5.74, 6) is 2.30. The Morgan fingerprint density at radius 1 is 1.07 bits per heavy atom. The van der Waals surface area contributed by atoms with Crippen molar-refractivity contribution in [1.29, 1.82) is 0 Å². The van der Waals surface area contributed by atoms with Crippen LogP contribution in [-0.4, -0.2) is 27.4 Å². The first-order valence-corrected chi connectivity index (χ1v) is 10.1. The lowest BCUT2D eigenvalue weighted by atomic mass is 9.88. The van der Waals surface area contributed by atoms with Gasteiger partial charge < -0.3 is 14.4 Å². The number of halogens is 1. The fourth-order valence-electron chi connectivity index (χ4n) is 3.95. The Labute approximate surface area is 164 Å². The SMILES string of the molecule is O[C@@H](COc1ccc(Cl)cc1)Cn1c(C2CCCCC2)nc2ccccc21. The molecule has 0 amide bonds. The van der Waals surface area contributed by atoms with E-state index in [1.165, 1.54) is 32.1 Å². The van der Waals surface area contributed by atoms with Crippen LogP contribution < -0.4 is 4.74 Å². The molecule has 2 aromatic carbocycles. The van der Waals surface area contributed by atoms with E-state index in [1.807, 2.05) is 24.3 Å². The molecule has 0 radical (unpaired) electrons. The second kappa shape index (κ2) is 8.32. The van der Waals surface area contributed by atoms with E-state index in [9.17, 15) is 5.11 Å². The molecule has 27 heavy (non-hydrogen) atoms. The number of aliphatic hydroxyl groups excluding tert-OH is 1. The van der Waals surface area contributed by atoms with Gasteiger partial charge in [-0.1, -0.05) is 43.0 Å². The Morgan fingerprint density at radius 3 is 2.59 bits per heavy atom. The van der Waals surface area contributed by atoms with E-state index in [1.54, 1.807) is 12.1 Å². The van der Waals surface area contributed by atoms with E-state index < -0.39 is 6.10 Å². The van der Waals surface area contributed by atoms with Crippen molar-refractivity contribution in [3.8, 4) is 5.75 Å². The Kier molecular flexibility index (Phi) is 5.65. The molecule has 1 aromatic heterocycles. The van der Waals surface area contributed by atoms with Gasteiger partial charge in [0.15, 0.2) is 0 Å². The number of hydrogen-bond acceptors (Lipinski definition) is 3. The summed E-state index contributed by atoms with van der Waals surface area (Å²) in [4.78, 5) is 4.91. The van der Waals surface area contributed by atoms with Gasteiger partial charge in [0.2, 0.25) is 0 Å². The predicted octanol–water partition coefficient (Wildman–Crippen LogP) is 5.18. The van der Waals surface area contributed by atoms with Gasteiger partial charge in [0.25, 0.3) is 0 Å². The molecule has 5 heteroatoms. The average molecular weight is 385 g/mol. The molecule has 1 aliphatic carbocycles. The van der Waals surface area contributed by atoms with Crippen molar-refractivity contribution < 1.29 is 9.84 Å². The molecule has 4 rings (SSSR count). The maximum atomic E-state index is 10.6. The number of aliphatic hydroxyl groups is 1. The number of hydrogen-bond donors (Lipinski definition) is 1. The highest BCUT2D eigenvalue weighted by atomic mass is 35.5. The molecule has 1 fully saturated rings. The van der Waals surface area contributed by atoms with E-state index in [0.717, 1.165) is 16.9 Å². The summed E-state index contributed by atoms with van der Waals surface area (Å²) in [7, 11) is 0. The molecular formula is C22H25ClN2O2. The van der Waals surface area contributed by atoms with Gasteiger partial charge in [0.1, 0.15) is 24.3 Å². The van der Waals surface area contributed by atoms with Gasteiger partial charge in [-0.3, -0.25) is 0 Å². The fraction of sp³-hybridized carbons (Fsp3) is 0.409. The number of ether oxygens (including phenoxy) is 1. The second-order valence-electron chi connectivity index (χ2n) is 7.32. The number of nitrogens with zero attached hydrogens (tertiary/aromatic N) is 2. The lowest BCUT2D eigenvalue weighted by Gasteiger charge is -2.23. The van der Waals surface area contributed by atoms with Crippen LogP contribution in [0.1, 0.15) is 43.8 Å². The summed E-state index contributed by atoms with van der Waals surface area (Å²) < 4.78 is 7.92. The van der Waals surface area contributed by atoms with Crippen LogP contribution in [0.4, 0.5) is 0 Å². The van der Waals surface area contributed by atoms with Crippen LogP contribution in [-0.2, 0) is 6.54 Å². The van der Waals surface area contributed by atoms with Crippen molar-refractivity contribution in [1.82, 2.24) is 9.55 Å². The maximum absolute atomic E-state index is 10.6. The van der Waals surface area contributed by atoms with Crippen LogP contribution in [0, 0.1) is 0 Å². The van der Waals surface area contributed by atoms with Crippen LogP contribution in [0.2, 0.25) is 5.02 Å². The Hall–Kier alpha value is -2.04. The lowest BCUT2D eigenvalue weighted by molar-refractivity contribution is 0.0922. The van der Waals surface area contributed by atoms with Crippen molar-refractivity contribution >= 4 is 22.6 Å². The highest BCUT2D eigenvalue weighted by molar-refractivity contribution is 6.30. The first kappa shape index (κ1) is 18.3. The first-order chi connectivity index (χ1) is 13.2. The minimum absolute atomic E-state index is 0.234. The second-order valence-corrected chi connectivity index (χ2v) is 7.76. The van der Waals surface area contributed by atoms with E-state index in [0.29, 0.717) is 23.2 Å². The topological polar surface area (TPSA) is 47.3 Å². The molecular weight excluding hydrogens is 360 g/mol. The third-order valence-corrected chi connectivity index (χ3v) is 5.56. The van der Waals surface area contributed by atoms with Crippen molar-refractivity contribution in [3.05, 3.63) is 59.4 Å². The van der Waals surface area contributed by atoms with Gasteiger partial charge in [-0.15, -0.1) is 0 Å². The maximum Gasteiger partial charge on any atom is 0.119 e. The number of imidazole rings is 1. The normalized spacial score (nSPS) is 16.5. The van der Waals surface area contributed by atoms with E-state index in [4.69, 9.17) is 21.3 Å². The quantitative estimate of drug-likeness (QED) is 0.637. The minimum Gasteiger partial charge on any atom is -0.491 e. The van der Waals surface area contributed by atoms with Gasteiger partial charge >= 0.3 is 0 Å². The summed E-state index contributed by atoms with van der Waals surface area (Å²) in [5, 5.41) is 11.3. The van der Waals surface area contributed by atoms with Crippen LogP contribution >= 0.6 is 11.6 Å². The van der Waals surface area contributed by atoms with Gasteiger partial charge in [0.05, 0.1) is 17.6 Å². The lowest BCUT2D eigenvalue weighted by Crippen LogP contribution is -2.25. The molecule has 0 saturated heterocycles. The zero-order valence-electron chi connectivity index (χ0n) is 15.4. The molecule has 0 bridgehead atoms. The van der Waals surface area contributed by atoms with E-state index in [-0.39, 0.29) is 6.61 Å². The molecule has 3 aromatic rings. The zero-order chi connectivity index (χ0) is 18.6. The third-order valence-electron chi connectivity index (χ3n) is 5.30. The van der Waals surface area contributed by atoms with Crippen LogP contribution in [0.25, 0.3) is 11.0 Å². The smallest absolute Gasteiger partial charge is 0.119 e. The molecule has 1 aliphatic rings. The number of rotatable bonds is 6. The third kappa shape index (κ3) is 4.28. The van der Waals surface area contributed by atoms with Gasteiger partial charge in [-0.05, 0) is 49.2 Å². The molecule has 142 valence electrons. The van der Waals surface area contributed by atoms with Gasteiger partial charge in [-0.2, -0.15) is 0 Å². The average Bonchev–Trinajstić information content (AvgIpc) is 3.07. The molecule has 1 heterocycles. The molecule has 1 atom stereocenters. The molecule has 0 unspecified atom stereocenters. The number of para-hydroxylation sites is 2. The Morgan fingerprint density at radius 2 is 1.81 bits per heavy atom. The molecule has 0 spiro atoms. The standard InChI is InChI=1S/C22H25ClN2O2/c23-17-10-12-19(13-11-17)27-15-18(26)14-25-21-9-5-4-8-20(21)24-22(25)16-6-2-1-3-7-16/h4-5,8-13,16,18,26H,1-3,6-7,14-15H2/t18-/m1/s1. The van der Waals surface area contributed by atoms with E-state index >= 15 is 0 Å². The van der Waals surface area contributed by atoms with E-state index in [2.05, 4.69) is 16.7 Å². The highest BCUT2D eigenvalue weighted by Crippen LogP contribution is 2.34. The summed E-state index contributed by atoms with van der Waals surface area (Å²) in [6, 6.07) is 15.4. The van der Waals surface area contributed by atoms with Crippen molar-refractivity contribution in [2.24, 2.45) is 0 Å². The molecule has 1 saturated carbocycles. The monoisotopic (exact) mass is 384 g/mol. The van der Waals surface area contributed by atoms with Crippen LogP contribution in [0.5, 0.6) is 5.75 Å². The van der Waals surface area contributed by atoms with Crippen LogP contribution in [0.3, 0.4) is 0 Å². The Balaban J connectivity index is 1.51. The summed E-state index contributed by atoms with van der Waals surface area (Å²) in [6.07, 6.45) is 5.59. The predicted molar refractivity (Wildman–Crippen MR) is 109 cm³/mol. The molecule has 1 N–H and O–H groups in total. The minimum atomic E-state index is -0.611. The van der Waals surface area contributed by atoms with Crippen molar-refractivity contribution in [3.63, 3.8) is 0 Å². The largest absolute Gasteiger partial charge is 0.491 e. The van der Waals surface area contributed by atoms with Crippen molar-refractivity contribution in [2.45, 2.75) is 50.7 Å². The summed E-state index contributed by atoms with van der Waals surface area (Å²) in [6.45, 7) is 0.720. The number of aromatic nitrogens is 2. The number of fused-ring (bicyclic) bond motifs is 1. The summed E-state index contributed by atoms with van der Waals surface area (Å²) in [5.41, 5.74) is 2.09. The summed E-state index contributed by atoms with van der Waals surface area (Å²) >= 11 is 5.90. The van der Waals surface area contributed by atoms with Crippen molar-refractivity contribution in [2.75, 3.05) is 6.61 Å². The molecule has 0 aliphatic heterocycles. The first-order valence-electron chi connectivity index (χ1n) is 9.72. The highest BCUT2D eigenvalue weighted by Gasteiger charge is 2.23. The van der Waals surface area contributed by atoms with Gasteiger partial charge in [0, 0.05) is 10.9 Å². The molecule has 4 nitrogen and oxygen atoms in total. The fourth-order valence-corrected chi connectivity index (χ4v) is 4.07.